The molecule has 0 radical (unpaired) electrons. The van der Waals surface area contributed by atoms with E-state index in [0.717, 1.165) is 5.56 Å². The third kappa shape index (κ3) is 3.25. The second-order valence-electron chi connectivity index (χ2n) is 4.00. The number of rotatable bonds is 4. The van der Waals surface area contributed by atoms with E-state index in [1.807, 2.05) is 13.0 Å². The highest BCUT2D eigenvalue weighted by atomic mass is 32.2. The monoisotopic (exact) mass is 266 g/mol. The molecule has 1 rings (SSSR count). The number of benzene rings is 1. The highest BCUT2D eigenvalue weighted by Gasteiger charge is 2.20. The van der Waals surface area contributed by atoms with Crippen LogP contribution in [0.3, 0.4) is 0 Å². The fraction of sp³-hybridized carbons (Fsp3) is 0.385. The van der Waals surface area contributed by atoms with E-state index in [1.165, 1.54) is 0 Å². The molecule has 0 heterocycles. The number of hydrogen-bond donors (Lipinski definition) is 2. The largest absolute Gasteiger partial charge is 0.398 e. The van der Waals surface area contributed by atoms with Crippen LogP contribution < -0.4 is 10.5 Å². The molecule has 0 fully saturated rings. The van der Waals surface area contributed by atoms with Gasteiger partial charge in [0.15, 0.2) is 0 Å². The summed E-state index contributed by atoms with van der Waals surface area (Å²) < 4.78 is 26.8. The Labute approximate surface area is 109 Å². The Morgan fingerprint density at radius 3 is 2.61 bits per heavy atom. The van der Waals surface area contributed by atoms with Crippen LogP contribution in [0.25, 0.3) is 0 Å². The molecule has 0 saturated heterocycles. The Kier molecular flexibility index (Phi) is 4.76. The minimum Gasteiger partial charge on any atom is -0.398 e. The molecule has 0 unspecified atom stereocenters. The first kappa shape index (κ1) is 14.6. The molecule has 0 atom stereocenters. The molecule has 5 heteroatoms. The third-order valence-electron chi connectivity index (χ3n) is 2.69. The smallest absolute Gasteiger partial charge is 0.242 e. The van der Waals surface area contributed by atoms with Gasteiger partial charge in [0.2, 0.25) is 10.0 Å². The van der Waals surface area contributed by atoms with Crippen molar-refractivity contribution in [3.63, 3.8) is 0 Å². The summed E-state index contributed by atoms with van der Waals surface area (Å²) in [7, 11) is -3.57. The summed E-state index contributed by atoms with van der Waals surface area (Å²) in [5.74, 6) is 5.52. The first-order valence-electron chi connectivity index (χ1n) is 5.65. The second kappa shape index (κ2) is 5.89. The van der Waals surface area contributed by atoms with Gasteiger partial charge in [0.1, 0.15) is 4.90 Å². The topological polar surface area (TPSA) is 72.2 Å². The van der Waals surface area contributed by atoms with Crippen LogP contribution in [0.1, 0.15) is 24.5 Å². The Morgan fingerprint density at radius 1 is 1.33 bits per heavy atom. The van der Waals surface area contributed by atoms with Gasteiger partial charge in [-0.25, -0.2) is 13.1 Å². The molecule has 18 heavy (non-hydrogen) atoms. The number of aryl methyl sites for hydroxylation is 1. The van der Waals surface area contributed by atoms with Crippen LogP contribution in [0.5, 0.6) is 0 Å². The predicted octanol–water partition coefficient (Wildman–Crippen LogP) is 1.58. The van der Waals surface area contributed by atoms with E-state index in [2.05, 4.69) is 16.6 Å². The minimum absolute atomic E-state index is 0.173. The first-order valence-corrected chi connectivity index (χ1v) is 7.13. The average molecular weight is 266 g/mol. The van der Waals surface area contributed by atoms with Gasteiger partial charge < -0.3 is 5.73 Å². The molecule has 1 aromatic carbocycles. The van der Waals surface area contributed by atoms with E-state index in [1.54, 1.807) is 19.9 Å². The van der Waals surface area contributed by atoms with Crippen LogP contribution in [-0.4, -0.2) is 15.0 Å². The molecule has 0 spiro atoms. The van der Waals surface area contributed by atoms with Crippen molar-refractivity contribution in [2.75, 3.05) is 12.3 Å². The first-order chi connectivity index (χ1) is 8.40. The summed E-state index contributed by atoms with van der Waals surface area (Å²) >= 11 is 0. The molecule has 0 aliphatic carbocycles. The minimum atomic E-state index is -3.57. The van der Waals surface area contributed by atoms with E-state index in [0.29, 0.717) is 12.0 Å². The van der Waals surface area contributed by atoms with Crippen LogP contribution >= 0.6 is 0 Å². The Hall–Kier alpha value is -1.51. The summed E-state index contributed by atoms with van der Waals surface area (Å²) in [5, 5.41) is 0. The van der Waals surface area contributed by atoms with E-state index in [9.17, 15) is 8.42 Å². The van der Waals surface area contributed by atoms with Gasteiger partial charge in [0.25, 0.3) is 0 Å². The van der Waals surface area contributed by atoms with Gasteiger partial charge in [0, 0.05) is 13.0 Å². The van der Waals surface area contributed by atoms with Gasteiger partial charge >= 0.3 is 0 Å². The van der Waals surface area contributed by atoms with Crippen LogP contribution in [0.15, 0.2) is 17.0 Å². The molecular formula is C13H18N2O2S. The summed E-state index contributed by atoms with van der Waals surface area (Å²) in [6.45, 7) is 5.62. The molecule has 1 aromatic rings. The zero-order valence-electron chi connectivity index (χ0n) is 10.9. The van der Waals surface area contributed by atoms with Crippen molar-refractivity contribution in [2.45, 2.75) is 32.1 Å². The standard InChI is InChI=1S/C13H18N2O2S/c1-4-5-6-9-15-18(16,17)13-11(3)10(2)7-8-12(13)14/h7-8,15H,6,9,14H2,1-3H3. The predicted molar refractivity (Wildman–Crippen MR) is 73.6 cm³/mol. The van der Waals surface area contributed by atoms with E-state index >= 15 is 0 Å². The van der Waals surface area contributed by atoms with E-state index < -0.39 is 10.0 Å². The average Bonchev–Trinajstić information content (AvgIpc) is 2.30. The maximum atomic E-state index is 12.1. The van der Waals surface area contributed by atoms with Gasteiger partial charge in [0.05, 0.1) is 5.69 Å². The molecule has 0 bridgehead atoms. The number of hydrogen-bond acceptors (Lipinski definition) is 3. The lowest BCUT2D eigenvalue weighted by molar-refractivity contribution is 0.582. The zero-order chi connectivity index (χ0) is 13.8. The lowest BCUT2D eigenvalue weighted by atomic mass is 10.1. The van der Waals surface area contributed by atoms with Crippen LogP contribution in [0.4, 0.5) is 5.69 Å². The fourth-order valence-electron chi connectivity index (χ4n) is 1.61. The quantitative estimate of drug-likeness (QED) is 0.494. The Bertz CT molecular complexity index is 595. The maximum absolute atomic E-state index is 12.1. The molecule has 4 nitrogen and oxygen atoms in total. The van der Waals surface area contributed by atoms with Gasteiger partial charge in [-0.3, -0.25) is 0 Å². The molecular weight excluding hydrogens is 248 g/mol. The molecule has 98 valence electrons. The number of nitrogen functional groups attached to an aromatic ring is 1. The SMILES string of the molecule is CC#CCCNS(=O)(=O)c1c(N)ccc(C)c1C. The van der Waals surface area contributed by atoms with Crippen molar-refractivity contribution >= 4 is 15.7 Å². The van der Waals surface area contributed by atoms with E-state index in [-0.39, 0.29) is 17.1 Å². The fourth-order valence-corrected chi connectivity index (χ4v) is 3.07. The highest BCUT2D eigenvalue weighted by molar-refractivity contribution is 7.89. The third-order valence-corrected chi connectivity index (χ3v) is 4.36. The van der Waals surface area contributed by atoms with Gasteiger partial charge in [-0.15, -0.1) is 11.8 Å². The zero-order valence-corrected chi connectivity index (χ0v) is 11.7. The van der Waals surface area contributed by atoms with Crippen LogP contribution in [-0.2, 0) is 10.0 Å². The summed E-state index contributed by atoms with van der Waals surface area (Å²) in [6.07, 6.45) is 0.487. The van der Waals surface area contributed by atoms with Crippen molar-refractivity contribution in [2.24, 2.45) is 0 Å². The summed E-state index contributed by atoms with van der Waals surface area (Å²) in [4.78, 5) is 0.173. The summed E-state index contributed by atoms with van der Waals surface area (Å²) in [6, 6.07) is 3.43. The second-order valence-corrected chi connectivity index (χ2v) is 5.70. The van der Waals surface area contributed by atoms with Gasteiger partial charge in [-0.1, -0.05) is 6.07 Å². The van der Waals surface area contributed by atoms with Crippen molar-refractivity contribution < 1.29 is 8.42 Å². The lowest BCUT2D eigenvalue weighted by Crippen LogP contribution is -2.26. The van der Waals surface area contributed by atoms with E-state index in [4.69, 9.17) is 5.73 Å². The highest BCUT2D eigenvalue weighted by Crippen LogP contribution is 2.24. The van der Waals surface area contributed by atoms with Crippen molar-refractivity contribution in [1.29, 1.82) is 0 Å². The number of sulfonamides is 1. The Balaban J connectivity index is 3.04. The molecule has 3 N–H and O–H groups in total. The van der Waals surface area contributed by atoms with Crippen molar-refractivity contribution in [1.82, 2.24) is 4.72 Å². The van der Waals surface area contributed by atoms with Gasteiger partial charge in [-0.05, 0) is 38.0 Å². The van der Waals surface area contributed by atoms with Crippen molar-refractivity contribution in [3.8, 4) is 11.8 Å². The molecule has 0 aromatic heterocycles. The normalized spacial score (nSPS) is 10.8. The Morgan fingerprint density at radius 2 is 2.00 bits per heavy atom. The van der Waals surface area contributed by atoms with Crippen LogP contribution in [0.2, 0.25) is 0 Å². The number of nitrogens with one attached hydrogen (secondary N) is 1. The molecule has 0 amide bonds. The van der Waals surface area contributed by atoms with Crippen LogP contribution in [0, 0.1) is 25.7 Å². The molecule has 0 aliphatic rings. The summed E-state index contributed by atoms with van der Waals surface area (Å²) in [5.41, 5.74) is 7.62. The maximum Gasteiger partial charge on any atom is 0.242 e. The molecule has 0 saturated carbocycles. The molecule has 0 aliphatic heterocycles. The lowest BCUT2D eigenvalue weighted by Gasteiger charge is -2.13. The van der Waals surface area contributed by atoms with Crippen molar-refractivity contribution in [3.05, 3.63) is 23.3 Å². The van der Waals surface area contributed by atoms with Gasteiger partial charge in [-0.2, -0.15) is 0 Å². The number of anilines is 1. The number of nitrogens with two attached hydrogens (primary N) is 1.